The van der Waals surface area contributed by atoms with Gasteiger partial charge < -0.3 is 14.9 Å². The highest BCUT2D eigenvalue weighted by Crippen LogP contribution is 2.36. The number of rotatable bonds is 7. The lowest BCUT2D eigenvalue weighted by Crippen LogP contribution is -2.32. The molecule has 0 aromatic heterocycles. The van der Waals surface area contributed by atoms with Gasteiger partial charge in [-0.15, -0.1) is 0 Å². The van der Waals surface area contributed by atoms with Gasteiger partial charge in [0, 0.05) is 0 Å². The highest BCUT2D eigenvalue weighted by Gasteiger charge is 2.32. The van der Waals surface area contributed by atoms with Crippen LogP contribution in [0.3, 0.4) is 0 Å². The predicted octanol–water partition coefficient (Wildman–Crippen LogP) is 2.73. The number of aliphatic hydroxyl groups excluding tert-OH is 1. The second-order valence-corrected chi connectivity index (χ2v) is 5.22. The van der Waals surface area contributed by atoms with E-state index in [4.69, 9.17) is 9.84 Å². The number of halogens is 1. The van der Waals surface area contributed by atoms with Gasteiger partial charge in [0.25, 0.3) is 0 Å². The van der Waals surface area contributed by atoms with E-state index in [1.807, 2.05) is 13.8 Å². The number of hydrogen-bond donors (Lipinski definition) is 2. The lowest BCUT2D eigenvalue weighted by atomic mass is 9.74. The van der Waals surface area contributed by atoms with Crippen LogP contribution in [0, 0.1) is 5.82 Å². The third-order valence-corrected chi connectivity index (χ3v) is 3.58. The van der Waals surface area contributed by atoms with Crippen LogP contribution < -0.4 is 4.74 Å². The maximum atomic E-state index is 13.5. The number of aliphatic carboxylic acids is 1. The molecule has 0 heterocycles. The van der Waals surface area contributed by atoms with E-state index in [0.717, 1.165) is 12.0 Å². The third kappa shape index (κ3) is 3.70. The number of carbonyl (C=O) groups is 1. The van der Waals surface area contributed by atoms with Crippen molar-refractivity contribution in [3.8, 4) is 5.75 Å². The zero-order valence-corrected chi connectivity index (χ0v) is 12.0. The Hall–Kier alpha value is -1.62. The summed E-state index contributed by atoms with van der Waals surface area (Å²) in [6, 6.07) is 4.48. The fraction of sp³-hybridized carbons (Fsp3) is 0.533. The summed E-state index contributed by atoms with van der Waals surface area (Å²) >= 11 is 0. The van der Waals surface area contributed by atoms with Crippen molar-refractivity contribution in [2.75, 3.05) is 7.11 Å². The maximum Gasteiger partial charge on any atom is 0.332 e. The first-order chi connectivity index (χ1) is 9.34. The summed E-state index contributed by atoms with van der Waals surface area (Å²) in [5.74, 6) is -1.59. The average Bonchev–Trinajstić information content (AvgIpc) is 2.39. The minimum atomic E-state index is -1.44. The van der Waals surface area contributed by atoms with E-state index in [9.17, 15) is 14.3 Å². The molecule has 112 valence electrons. The van der Waals surface area contributed by atoms with Crippen LogP contribution in [0.5, 0.6) is 5.75 Å². The van der Waals surface area contributed by atoms with Gasteiger partial charge in [-0.05, 0) is 36.0 Å². The average molecular weight is 284 g/mol. The molecule has 1 rings (SSSR count). The van der Waals surface area contributed by atoms with Gasteiger partial charge in [-0.1, -0.05) is 26.3 Å². The number of benzene rings is 1. The molecule has 0 aliphatic heterocycles. The van der Waals surface area contributed by atoms with Crippen molar-refractivity contribution in [3.05, 3.63) is 29.6 Å². The van der Waals surface area contributed by atoms with Crippen LogP contribution in [-0.4, -0.2) is 29.4 Å². The van der Waals surface area contributed by atoms with Gasteiger partial charge in [0.1, 0.15) is 0 Å². The molecule has 0 aliphatic carbocycles. The molecule has 0 radical (unpaired) electrons. The van der Waals surface area contributed by atoms with E-state index in [0.29, 0.717) is 6.42 Å². The fourth-order valence-corrected chi connectivity index (χ4v) is 2.47. The number of carboxylic acids is 1. The Bertz CT molecular complexity index is 475. The normalized spacial score (nSPS) is 15.4. The van der Waals surface area contributed by atoms with Crippen LogP contribution in [0.2, 0.25) is 0 Å². The first-order valence-electron chi connectivity index (χ1n) is 6.59. The molecule has 0 spiro atoms. The van der Waals surface area contributed by atoms with Crippen LogP contribution >= 0.6 is 0 Å². The molecular weight excluding hydrogens is 263 g/mol. The van der Waals surface area contributed by atoms with E-state index >= 15 is 0 Å². The number of carboxylic acid groups (broad SMARTS) is 1. The van der Waals surface area contributed by atoms with Crippen LogP contribution in [0.4, 0.5) is 4.39 Å². The van der Waals surface area contributed by atoms with Crippen molar-refractivity contribution in [1.29, 1.82) is 0 Å². The summed E-state index contributed by atoms with van der Waals surface area (Å²) in [7, 11) is 1.38. The second kappa shape index (κ2) is 6.70. The molecule has 4 nitrogen and oxygen atoms in total. The minimum absolute atomic E-state index is 0.0744. The van der Waals surface area contributed by atoms with Crippen molar-refractivity contribution in [1.82, 2.24) is 0 Å². The van der Waals surface area contributed by atoms with Crippen molar-refractivity contribution in [2.24, 2.45) is 0 Å². The van der Waals surface area contributed by atoms with Crippen LogP contribution in [0.15, 0.2) is 18.2 Å². The van der Waals surface area contributed by atoms with Gasteiger partial charge in [0.15, 0.2) is 17.7 Å². The third-order valence-electron chi connectivity index (χ3n) is 3.58. The molecule has 2 atom stereocenters. The van der Waals surface area contributed by atoms with Gasteiger partial charge in [0.05, 0.1) is 7.11 Å². The maximum absolute atomic E-state index is 13.5. The quantitative estimate of drug-likeness (QED) is 0.808. The molecule has 2 unspecified atom stereocenters. The summed E-state index contributed by atoms with van der Waals surface area (Å²) < 4.78 is 18.4. The molecule has 0 bridgehead atoms. The number of methoxy groups -OCH3 is 1. The zero-order valence-electron chi connectivity index (χ0n) is 12.0. The Morgan fingerprint density at radius 1 is 1.50 bits per heavy atom. The highest BCUT2D eigenvalue weighted by molar-refractivity contribution is 5.72. The number of aliphatic hydroxyl groups is 1. The summed E-state index contributed by atoms with van der Waals surface area (Å²) in [6.07, 6.45) is 0.141. The molecule has 0 saturated heterocycles. The van der Waals surface area contributed by atoms with E-state index in [-0.39, 0.29) is 12.2 Å². The Balaban J connectivity index is 3.14. The second-order valence-electron chi connectivity index (χ2n) is 5.22. The SMILES string of the molecule is CCCC(C)(CC(O)C(=O)O)c1ccc(F)c(OC)c1. The van der Waals surface area contributed by atoms with Crippen molar-refractivity contribution < 1.29 is 24.1 Å². The van der Waals surface area contributed by atoms with Crippen LogP contribution in [-0.2, 0) is 10.2 Å². The Kier molecular flexibility index (Phi) is 5.51. The summed E-state index contributed by atoms with van der Waals surface area (Å²) in [5.41, 5.74) is 0.214. The van der Waals surface area contributed by atoms with Gasteiger partial charge in [-0.2, -0.15) is 0 Å². The molecule has 1 aromatic rings. The van der Waals surface area contributed by atoms with Gasteiger partial charge in [-0.25, -0.2) is 9.18 Å². The summed E-state index contributed by atoms with van der Waals surface area (Å²) in [4.78, 5) is 10.9. The number of hydrogen-bond acceptors (Lipinski definition) is 3. The number of ether oxygens (including phenoxy) is 1. The zero-order chi connectivity index (χ0) is 15.3. The van der Waals surface area contributed by atoms with Crippen LogP contribution in [0.25, 0.3) is 0 Å². The molecule has 2 N–H and O–H groups in total. The Morgan fingerprint density at radius 2 is 2.15 bits per heavy atom. The van der Waals surface area contributed by atoms with E-state index < -0.39 is 23.3 Å². The molecule has 0 saturated carbocycles. The molecule has 1 aromatic carbocycles. The molecule has 0 amide bonds. The van der Waals surface area contributed by atoms with Crippen molar-refractivity contribution >= 4 is 5.97 Å². The lowest BCUT2D eigenvalue weighted by Gasteiger charge is -2.31. The predicted molar refractivity (Wildman–Crippen MR) is 73.5 cm³/mol. The first kappa shape index (κ1) is 16.4. The monoisotopic (exact) mass is 284 g/mol. The molecule has 20 heavy (non-hydrogen) atoms. The molecule has 0 aliphatic rings. The Morgan fingerprint density at radius 3 is 2.65 bits per heavy atom. The lowest BCUT2D eigenvalue weighted by molar-refractivity contribution is -0.147. The highest BCUT2D eigenvalue weighted by atomic mass is 19.1. The molecule has 0 fully saturated rings. The first-order valence-corrected chi connectivity index (χ1v) is 6.59. The standard InChI is InChI=1S/C15H21FO4/c1-4-7-15(2,9-12(17)14(18)19)10-5-6-11(16)13(8-10)20-3/h5-6,8,12,17H,4,7,9H2,1-3H3,(H,18,19). The van der Waals surface area contributed by atoms with Gasteiger partial charge in [-0.3, -0.25) is 0 Å². The van der Waals surface area contributed by atoms with Crippen molar-refractivity contribution in [2.45, 2.75) is 44.6 Å². The molecular formula is C15H21FO4. The van der Waals surface area contributed by atoms with Crippen LogP contribution in [0.1, 0.15) is 38.7 Å². The van der Waals surface area contributed by atoms with Crippen molar-refractivity contribution in [3.63, 3.8) is 0 Å². The summed E-state index contributed by atoms with van der Waals surface area (Å²) in [6.45, 7) is 3.85. The topological polar surface area (TPSA) is 66.8 Å². The van der Waals surface area contributed by atoms with E-state index in [1.54, 1.807) is 12.1 Å². The van der Waals surface area contributed by atoms with Gasteiger partial charge >= 0.3 is 5.97 Å². The van der Waals surface area contributed by atoms with Gasteiger partial charge in [0.2, 0.25) is 0 Å². The molecule has 5 heteroatoms. The largest absolute Gasteiger partial charge is 0.494 e. The Labute approximate surface area is 118 Å². The smallest absolute Gasteiger partial charge is 0.332 e. The minimum Gasteiger partial charge on any atom is -0.494 e. The fourth-order valence-electron chi connectivity index (χ4n) is 2.47. The van der Waals surface area contributed by atoms with E-state index in [1.165, 1.54) is 13.2 Å². The van der Waals surface area contributed by atoms with E-state index in [2.05, 4.69) is 0 Å². The summed E-state index contributed by atoms with van der Waals surface area (Å²) in [5, 5.41) is 18.5.